The highest BCUT2D eigenvalue weighted by Crippen LogP contribution is 2.38. The molecule has 1 spiro atoms. The van der Waals surface area contributed by atoms with Crippen LogP contribution in [-0.4, -0.2) is 35.2 Å². The predicted octanol–water partition coefficient (Wildman–Crippen LogP) is 6.03. The van der Waals surface area contributed by atoms with Gasteiger partial charge in [-0.2, -0.15) is 0 Å². The van der Waals surface area contributed by atoms with Gasteiger partial charge in [0.05, 0.1) is 23.4 Å². The molecule has 0 saturated heterocycles. The van der Waals surface area contributed by atoms with Gasteiger partial charge in [-0.3, -0.25) is 9.79 Å². The summed E-state index contributed by atoms with van der Waals surface area (Å²) in [5, 5.41) is 6.36. The second-order valence-corrected chi connectivity index (χ2v) is 9.78. The lowest BCUT2D eigenvalue weighted by atomic mass is 10.0. The molecule has 5 nitrogen and oxygen atoms in total. The summed E-state index contributed by atoms with van der Waals surface area (Å²) in [4.78, 5) is 23.9. The van der Waals surface area contributed by atoms with E-state index in [2.05, 4.69) is 16.8 Å². The summed E-state index contributed by atoms with van der Waals surface area (Å²) in [6, 6.07) is 9.26. The molecule has 2 aromatic rings. The van der Waals surface area contributed by atoms with Crippen LogP contribution in [0, 0.1) is 0 Å². The maximum atomic E-state index is 12.6. The highest BCUT2D eigenvalue weighted by Gasteiger charge is 2.37. The Morgan fingerprint density at radius 1 is 1.23 bits per heavy atom. The molecule has 1 aliphatic heterocycles. The number of rotatable bonds is 5. The van der Waals surface area contributed by atoms with Crippen LogP contribution >= 0.6 is 34.7 Å². The Morgan fingerprint density at radius 3 is 2.73 bits per heavy atom. The molecular formula is C22H24ClN3O2S2. The van der Waals surface area contributed by atoms with Gasteiger partial charge in [0, 0.05) is 5.02 Å². The topological polar surface area (TPSA) is 63.0 Å². The number of hydrogen-bond donors (Lipinski definition) is 1. The third kappa shape index (κ3) is 4.90. The number of amides is 1. The Morgan fingerprint density at radius 2 is 2.03 bits per heavy atom. The molecule has 30 heavy (non-hydrogen) atoms. The number of halogens is 1. The van der Waals surface area contributed by atoms with Crippen LogP contribution in [-0.2, 0) is 4.79 Å². The molecule has 0 radical (unpaired) electrons. The first kappa shape index (κ1) is 21.4. The summed E-state index contributed by atoms with van der Waals surface area (Å²) in [6.07, 6.45) is 6.76. The lowest BCUT2D eigenvalue weighted by molar-refractivity contribution is -0.113. The van der Waals surface area contributed by atoms with Gasteiger partial charge < -0.3 is 10.1 Å². The van der Waals surface area contributed by atoms with Crippen molar-refractivity contribution in [3.63, 3.8) is 0 Å². The first-order valence-electron chi connectivity index (χ1n) is 10.1. The maximum absolute atomic E-state index is 12.6. The fourth-order valence-corrected chi connectivity index (χ4v) is 5.63. The second-order valence-electron chi connectivity index (χ2n) is 7.43. The number of nitrogens with zero attached hydrogens (tertiary/aromatic N) is 2. The molecule has 1 fully saturated rings. The van der Waals surface area contributed by atoms with Gasteiger partial charge in [0.25, 0.3) is 0 Å². The SMILES string of the molecule is COc1ccc(Cl)cc1NC(=O)CSC1=NC2(CCCCCC2)N=C1c1cccs1. The standard InChI is InChI=1S/C22H24ClN3O2S2/c1-28-17-9-8-15(23)13-16(17)24-19(27)14-30-21-20(18-7-6-12-29-18)25-22(26-21)10-4-2-3-5-11-22/h6-9,12-13H,2-5,10-11,14H2,1H3,(H,24,27). The molecular weight excluding hydrogens is 438 g/mol. The molecule has 1 aromatic heterocycles. The van der Waals surface area contributed by atoms with Gasteiger partial charge in [0.1, 0.15) is 16.5 Å². The second kappa shape index (κ2) is 9.54. The first-order chi connectivity index (χ1) is 14.6. The number of thioether (sulfide) groups is 1. The summed E-state index contributed by atoms with van der Waals surface area (Å²) in [6.45, 7) is 0. The average molecular weight is 462 g/mol. The summed E-state index contributed by atoms with van der Waals surface area (Å²) in [5.74, 6) is 0.694. The minimum Gasteiger partial charge on any atom is -0.495 e. The van der Waals surface area contributed by atoms with E-state index in [4.69, 9.17) is 26.3 Å². The molecule has 1 saturated carbocycles. The molecule has 1 amide bonds. The fraction of sp³-hybridized carbons (Fsp3) is 0.409. The number of methoxy groups -OCH3 is 1. The van der Waals surface area contributed by atoms with Crippen LogP contribution in [0.5, 0.6) is 5.75 Å². The lowest BCUT2D eigenvalue weighted by Crippen LogP contribution is -2.20. The van der Waals surface area contributed by atoms with Crippen molar-refractivity contribution in [2.75, 3.05) is 18.2 Å². The van der Waals surface area contributed by atoms with E-state index >= 15 is 0 Å². The number of thiophene rings is 1. The van der Waals surface area contributed by atoms with E-state index in [-0.39, 0.29) is 17.3 Å². The average Bonchev–Trinajstić information content (AvgIpc) is 3.31. The van der Waals surface area contributed by atoms with Crippen LogP contribution in [0.1, 0.15) is 43.4 Å². The third-order valence-corrected chi connectivity index (χ3v) is 7.34. The Balaban J connectivity index is 1.49. The Kier molecular flexibility index (Phi) is 6.80. The first-order valence-corrected chi connectivity index (χ1v) is 12.3. The minimum absolute atomic E-state index is 0.129. The van der Waals surface area contributed by atoms with Crippen molar-refractivity contribution in [1.82, 2.24) is 0 Å². The number of aliphatic imine (C=N–C) groups is 2. The van der Waals surface area contributed by atoms with Crippen LogP contribution in [0.2, 0.25) is 5.02 Å². The summed E-state index contributed by atoms with van der Waals surface area (Å²) < 4.78 is 5.31. The van der Waals surface area contributed by atoms with Crippen LogP contribution < -0.4 is 10.1 Å². The molecule has 0 atom stereocenters. The van der Waals surface area contributed by atoms with Crippen LogP contribution in [0.25, 0.3) is 0 Å². The Hall–Kier alpha value is -1.83. The van der Waals surface area contributed by atoms with E-state index in [1.165, 1.54) is 24.6 Å². The monoisotopic (exact) mass is 461 g/mol. The lowest BCUT2D eigenvalue weighted by Gasteiger charge is -2.20. The zero-order valence-corrected chi connectivity index (χ0v) is 19.2. The highest BCUT2D eigenvalue weighted by atomic mass is 35.5. The summed E-state index contributed by atoms with van der Waals surface area (Å²) in [5.41, 5.74) is 1.16. The van der Waals surface area contributed by atoms with Crippen LogP contribution in [0.15, 0.2) is 45.7 Å². The number of anilines is 1. The van der Waals surface area contributed by atoms with Crippen molar-refractivity contribution in [3.05, 3.63) is 45.6 Å². The van der Waals surface area contributed by atoms with Crippen molar-refractivity contribution in [2.45, 2.75) is 44.2 Å². The number of hydrogen-bond acceptors (Lipinski definition) is 6. The number of carbonyl (C=O) groups is 1. The third-order valence-electron chi connectivity index (χ3n) is 5.27. The molecule has 0 bridgehead atoms. The van der Waals surface area contributed by atoms with E-state index in [0.717, 1.165) is 41.3 Å². The zero-order chi connectivity index (χ0) is 21.0. The fourth-order valence-electron chi connectivity index (χ4n) is 3.81. The smallest absolute Gasteiger partial charge is 0.234 e. The largest absolute Gasteiger partial charge is 0.495 e. The molecule has 2 heterocycles. The van der Waals surface area contributed by atoms with Gasteiger partial charge in [-0.15, -0.1) is 11.3 Å². The number of nitrogens with one attached hydrogen (secondary N) is 1. The zero-order valence-electron chi connectivity index (χ0n) is 16.8. The van der Waals surface area contributed by atoms with E-state index in [0.29, 0.717) is 16.5 Å². The normalized spacial score (nSPS) is 17.9. The highest BCUT2D eigenvalue weighted by molar-refractivity contribution is 8.16. The molecule has 4 rings (SSSR count). The quantitative estimate of drug-likeness (QED) is 0.590. The van der Waals surface area contributed by atoms with Crippen LogP contribution in [0.4, 0.5) is 5.69 Å². The number of carbonyl (C=O) groups excluding carboxylic acids is 1. The van der Waals surface area contributed by atoms with Crippen molar-refractivity contribution in [1.29, 1.82) is 0 Å². The van der Waals surface area contributed by atoms with E-state index < -0.39 is 0 Å². The van der Waals surface area contributed by atoms with Gasteiger partial charge in [-0.05, 0) is 55.3 Å². The predicted molar refractivity (Wildman–Crippen MR) is 128 cm³/mol. The maximum Gasteiger partial charge on any atom is 0.234 e. The summed E-state index contributed by atoms with van der Waals surface area (Å²) >= 11 is 9.18. The van der Waals surface area contributed by atoms with Crippen molar-refractivity contribution in [2.24, 2.45) is 9.98 Å². The van der Waals surface area contributed by atoms with E-state index in [1.807, 2.05) is 6.07 Å². The molecule has 158 valence electrons. The minimum atomic E-state index is -0.342. The van der Waals surface area contributed by atoms with Gasteiger partial charge in [0.2, 0.25) is 5.91 Å². The molecule has 8 heteroatoms. The van der Waals surface area contributed by atoms with Gasteiger partial charge in [-0.1, -0.05) is 42.3 Å². The molecule has 0 unspecified atom stereocenters. The molecule has 2 aliphatic rings. The Labute approximate surface area is 190 Å². The van der Waals surface area contributed by atoms with Crippen molar-refractivity contribution in [3.8, 4) is 5.75 Å². The van der Waals surface area contributed by atoms with E-state index in [1.54, 1.807) is 36.6 Å². The van der Waals surface area contributed by atoms with Gasteiger partial charge in [0.15, 0.2) is 5.66 Å². The molecule has 1 aliphatic carbocycles. The Bertz CT molecular complexity index is 965. The molecule has 1 aromatic carbocycles. The number of benzene rings is 1. The van der Waals surface area contributed by atoms with Gasteiger partial charge >= 0.3 is 0 Å². The number of ether oxygens (including phenoxy) is 1. The van der Waals surface area contributed by atoms with Gasteiger partial charge in [-0.25, -0.2) is 4.99 Å². The van der Waals surface area contributed by atoms with Crippen molar-refractivity contribution >= 4 is 57.0 Å². The van der Waals surface area contributed by atoms with Crippen LogP contribution in [0.3, 0.4) is 0 Å². The molecule has 1 N–H and O–H groups in total. The van der Waals surface area contributed by atoms with Crippen molar-refractivity contribution < 1.29 is 9.53 Å². The summed E-state index contributed by atoms with van der Waals surface area (Å²) in [7, 11) is 1.57. The van der Waals surface area contributed by atoms with E-state index in [9.17, 15) is 4.79 Å².